The topological polar surface area (TPSA) is 64.6 Å². The summed E-state index contributed by atoms with van der Waals surface area (Å²) in [5, 5.41) is 3.04. The zero-order valence-electron chi connectivity index (χ0n) is 14.3. The smallest absolute Gasteiger partial charge is 0.310 e. The minimum atomic E-state index is -0.369. The summed E-state index contributed by atoms with van der Waals surface area (Å²) < 4.78 is 10.4. The van der Waals surface area contributed by atoms with E-state index in [9.17, 15) is 9.59 Å². The van der Waals surface area contributed by atoms with Crippen LogP contribution < -0.4 is 10.1 Å². The minimum Gasteiger partial charge on any atom is -0.493 e. The van der Waals surface area contributed by atoms with Gasteiger partial charge >= 0.3 is 5.97 Å². The van der Waals surface area contributed by atoms with Gasteiger partial charge in [0, 0.05) is 23.1 Å². The number of para-hydroxylation sites is 1. The van der Waals surface area contributed by atoms with Crippen molar-refractivity contribution in [3.63, 3.8) is 0 Å². The molecule has 0 aliphatic carbocycles. The molecule has 0 unspecified atom stereocenters. The average Bonchev–Trinajstić information content (AvgIpc) is 3.06. The summed E-state index contributed by atoms with van der Waals surface area (Å²) in [5.74, 6) is 0.412. The lowest BCUT2D eigenvalue weighted by atomic mass is 9.94. The van der Waals surface area contributed by atoms with Gasteiger partial charge in [0.25, 0.3) is 5.91 Å². The molecule has 0 saturated carbocycles. The van der Waals surface area contributed by atoms with Crippen LogP contribution in [0.25, 0.3) is 0 Å². The van der Waals surface area contributed by atoms with E-state index in [1.54, 1.807) is 24.3 Å². The highest BCUT2D eigenvalue weighted by atomic mass is 16.5. The molecule has 3 rings (SSSR count). The van der Waals surface area contributed by atoms with Crippen molar-refractivity contribution in [3.05, 3.63) is 65.2 Å². The molecular weight excluding hydrogens is 318 g/mol. The van der Waals surface area contributed by atoms with E-state index in [1.165, 1.54) is 7.11 Å². The van der Waals surface area contributed by atoms with Crippen molar-refractivity contribution in [3.8, 4) is 5.75 Å². The molecular formula is C20H21NO4. The maximum Gasteiger partial charge on any atom is 0.310 e. The van der Waals surface area contributed by atoms with Crippen molar-refractivity contribution in [2.75, 3.05) is 13.7 Å². The van der Waals surface area contributed by atoms with E-state index in [4.69, 9.17) is 9.47 Å². The SMILES string of the molecule is COC(=O)Cc1ccccc1C(=O)N[C@@H](C)[C@H]1COc2ccccc21. The van der Waals surface area contributed by atoms with E-state index < -0.39 is 0 Å². The van der Waals surface area contributed by atoms with Gasteiger partial charge in [-0.05, 0) is 24.6 Å². The van der Waals surface area contributed by atoms with Gasteiger partial charge in [0.15, 0.2) is 0 Å². The molecule has 25 heavy (non-hydrogen) atoms. The van der Waals surface area contributed by atoms with Gasteiger partial charge in [0.2, 0.25) is 0 Å². The fraction of sp³-hybridized carbons (Fsp3) is 0.300. The molecule has 2 atom stereocenters. The lowest BCUT2D eigenvalue weighted by Crippen LogP contribution is -2.38. The number of hydrogen-bond acceptors (Lipinski definition) is 4. The average molecular weight is 339 g/mol. The molecule has 0 spiro atoms. The van der Waals surface area contributed by atoms with Gasteiger partial charge in [-0.2, -0.15) is 0 Å². The lowest BCUT2D eigenvalue weighted by Gasteiger charge is -2.20. The molecule has 2 aromatic rings. The third-order valence-corrected chi connectivity index (χ3v) is 4.52. The van der Waals surface area contributed by atoms with Crippen LogP contribution >= 0.6 is 0 Å². The van der Waals surface area contributed by atoms with Gasteiger partial charge in [0.1, 0.15) is 5.75 Å². The monoisotopic (exact) mass is 339 g/mol. The summed E-state index contributed by atoms with van der Waals surface area (Å²) >= 11 is 0. The van der Waals surface area contributed by atoms with Crippen molar-refractivity contribution in [1.29, 1.82) is 0 Å². The van der Waals surface area contributed by atoms with Gasteiger partial charge in [-0.15, -0.1) is 0 Å². The Balaban J connectivity index is 1.74. The van der Waals surface area contributed by atoms with Crippen LogP contribution in [-0.4, -0.2) is 31.6 Å². The fourth-order valence-electron chi connectivity index (χ4n) is 3.11. The summed E-state index contributed by atoms with van der Waals surface area (Å²) in [7, 11) is 1.34. The second kappa shape index (κ2) is 7.38. The first-order valence-electron chi connectivity index (χ1n) is 8.27. The molecule has 1 heterocycles. The highest BCUT2D eigenvalue weighted by molar-refractivity contribution is 5.97. The summed E-state index contributed by atoms with van der Waals surface area (Å²) in [4.78, 5) is 24.3. The zero-order valence-corrected chi connectivity index (χ0v) is 14.3. The van der Waals surface area contributed by atoms with Crippen LogP contribution in [-0.2, 0) is 16.0 Å². The Morgan fingerprint density at radius 2 is 1.92 bits per heavy atom. The van der Waals surface area contributed by atoms with Gasteiger partial charge in [-0.3, -0.25) is 9.59 Å². The molecule has 0 fully saturated rings. The van der Waals surface area contributed by atoms with E-state index in [2.05, 4.69) is 5.32 Å². The number of amides is 1. The first kappa shape index (κ1) is 17.0. The molecule has 1 aliphatic heterocycles. The fourth-order valence-corrected chi connectivity index (χ4v) is 3.11. The molecule has 1 aliphatic rings. The van der Waals surface area contributed by atoms with Crippen molar-refractivity contribution < 1.29 is 19.1 Å². The lowest BCUT2D eigenvalue weighted by molar-refractivity contribution is -0.139. The third kappa shape index (κ3) is 3.65. The Kier molecular flexibility index (Phi) is 5.03. The van der Waals surface area contributed by atoms with Crippen molar-refractivity contribution >= 4 is 11.9 Å². The molecule has 130 valence electrons. The van der Waals surface area contributed by atoms with Gasteiger partial charge in [-0.25, -0.2) is 0 Å². The number of benzene rings is 2. The van der Waals surface area contributed by atoms with E-state index >= 15 is 0 Å². The van der Waals surface area contributed by atoms with Crippen molar-refractivity contribution in [2.24, 2.45) is 0 Å². The van der Waals surface area contributed by atoms with Crippen LogP contribution in [0.2, 0.25) is 0 Å². The Labute approximate surface area is 147 Å². The standard InChI is InChI=1S/C20H21NO4/c1-13(17-12-25-18-10-6-5-9-16(17)18)21-20(23)15-8-4-3-7-14(15)11-19(22)24-2/h3-10,13,17H,11-12H2,1-2H3,(H,21,23)/t13-,17+/m0/s1. The Morgan fingerprint density at radius 3 is 2.72 bits per heavy atom. The van der Waals surface area contributed by atoms with Crippen molar-refractivity contribution in [2.45, 2.75) is 25.3 Å². The number of nitrogens with one attached hydrogen (secondary N) is 1. The second-order valence-corrected chi connectivity index (χ2v) is 6.13. The molecule has 1 N–H and O–H groups in total. The second-order valence-electron chi connectivity index (χ2n) is 6.13. The number of carbonyl (C=O) groups is 2. The van der Waals surface area contributed by atoms with Crippen LogP contribution in [0.5, 0.6) is 5.75 Å². The van der Waals surface area contributed by atoms with E-state index in [0.717, 1.165) is 11.3 Å². The first-order chi connectivity index (χ1) is 12.1. The van der Waals surface area contributed by atoms with Crippen LogP contribution in [0.15, 0.2) is 48.5 Å². The highest BCUT2D eigenvalue weighted by Crippen LogP contribution is 2.35. The maximum atomic E-state index is 12.7. The molecule has 0 radical (unpaired) electrons. The Hall–Kier alpha value is -2.82. The molecule has 0 saturated heterocycles. The molecule has 0 bridgehead atoms. The van der Waals surface area contributed by atoms with Crippen molar-refractivity contribution in [1.82, 2.24) is 5.32 Å². The van der Waals surface area contributed by atoms with Crippen LogP contribution in [0.3, 0.4) is 0 Å². The van der Waals surface area contributed by atoms with Crippen LogP contribution in [0, 0.1) is 0 Å². The number of rotatable bonds is 5. The summed E-state index contributed by atoms with van der Waals surface area (Å²) in [5.41, 5.74) is 2.26. The van der Waals surface area contributed by atoms with E-state index in [-0.39, 0.29) is 30.3 Å². The van der Waals surface area contributed by atoms with Gasteiger partial charge in [-0.1, -0.05) is 36.4 Å². The first-order valence-corrected chi connectivity index (χ1v) is 8.27. The van der Waals surface area contributed by atoms with Gasteiger partial charge < -0.3 is 14.8 Å². The van der Waals surface area contributed by atoms with Crippen LogP contribution in [0.1, 0.15) is 34.3 Å². The number of hydrogen-bond donors (Lipinski definition) is 1. The van der Waals surface area contributed by atoms with Gasteiger partial charge in [0.05, 0.1) is 20.1 Å². The van der Waals surface area contributed by atoms with Crippen LogP contribution in [0.4, 0.5) is 0 Å². The predicted octanol–water partition coefficient (Wildman–Crippen LogP) is 2.70. The molecule has 5 heteroatoms. The number of methoxy groups -OCH3 is 1. The largest absolute Gasteiger partial charge is 0.493 e. The number of carbonyl (C=O) groups excluding carboxylic acids is 2. The number of esters is 1. The predicted molar refractivity (Wildman–Crippen MR) is 93.8 cm³/mol. The minimum absolute atomic E-state index is 0.0733. The quantitative estimate of drug-likeness (QED) is 0.851. The third-order valence-electron chi connectivity index (χ3n) is 4.52. The Bertz CT molecular complexity index is 787. The van der Waals surface area contributed by atoms with E-state index in [0.29, 0.717) is 17.7 Å². The highest BCUT2D eigenvalue weighted by Gasteiger charge is 2.30. The molecule has 2 aromatic carbocycles. The summed E-state index contributed by atoms with van der Waals surface area (Å²) in [6.45, 7) is 2.52. The number of ether oxygens (including phenoxy) is 2. The Morgan fingerprint density at radius 1 is 1.20 bits per heavy atom. The molecule has 0 aromatic heterocycles. The zero-order chi connectivity index (χ0) is 17.8. The maximum absolute atomic E-state index is 12.7. The summed E-state index contributed by atoms with van der Waals surface area (Å²) in [6.07, 6.45) is 0.0733. The molecule has 5 nitrogen and oxygen atoms in total. The summed E-state index contributed by atoms with van der Waals surface area (Å²) in [6, 6.07) is 14.9. The molecule has 1 amide bonds. The van der Waals surface area contributed by atoms with E-state index in [1.807, 2.05) is 31.2 Å². The number of fused-ring (bicyclic) bond motifs is 1. The normalized spacial score (nSPS) is 16.5.